The molecule has 1 fully saturated rings. The Kier molecular flexibility index (Phi) is 7.41. The predicted octanol–water partition coefficient (Wildman–Crippen LogP) is 2.86. The molecule has 1 aliphatic rings. The topological polar surface area (TPSA) is 118 Å². The third kappa shape index (κ3) is 4.98. The highest BCUT2D eigenvalue weighted by Gasteiger charge is 2.31. The van der Waals surface area contributed by atoms with Crippen LogP contribution in [0.25, 0.3) is 28.0 Å². The third-order valence-electron chi connectivity index (χ3n) is 6.98. The van der Waals surface area contributed by atoms with E-state index in [-0.39, 0.29) is 57.2 Å². The summed E-state index contributed by atoms with van der Waals surface area (Å²) in [6.45, 7) is 6.22. The van der Waals surface area contributed by atoms with E-state index < -0.39 is 27.3 Å². The smallest absolute Gasteiger partial charge is 0.350 e. The molecule has 4 aromatic rings. The molecule has 13 heteroatoms. The van der Waals surface area contributed by atoms with Crippen molar-refractivity contribution in [1.82, 2.24) is 24.2 Å². The quantitative estimate of drug-likeness (QED) is 0.349. The fraction of sp³-hybridized carbons (Fsp3) is 0.214. The Morgan fingerprint density at radius 1 is 1.07 bits per heavy atom. The van der Waals surface area contributed by atoms with Crippen LogP contribution in [0.5, 0.6) is 0 Å². The van der Waals surface area contributed by atoms with Crippen LogP contribution < -0.4 is 15.3 Å². The highest BCUT2D eigenvalue weighted by atomic mass is 32.2. The molecule has 2 aromatic heterocycles. The van der Waals surface area contributed by atoms with E-state index in [9.17, 15) is 22.4 Å². The minimum absolute atomic E-state index is 0.0658. The second-order valence-electron chi connectivity index (χ2n) is 9.43. The molecule has 0 spiro atoms. The number of aromatic nitrogens is 3. The Morgan fingerprint density at radius 3 is 2.46 bits per heavy atom. The van der Waals surface area contributed by atoms with Crippen LogP contribution in [0.4, 0.5) is 14.6 Å². The summed E-state index contributed by atoms with van der Waals surface area (Å²) in [6.07, 6.45) is 1.22. The first-order valence-corrected chi connectivity index (χ1v) is 14.1. The first-order valence-electron chi connectivity index (χ1n) is 12.7. The molecular formula is C28H26F2N6O4S. The zero-order valence-electron chi connectivity index (χ0n) is 22.2. The molecule has 41 heavy (non-hydrogen) atoms. The van der Waals surface area contributed by atoms with E-state index in [2.05, 4.69) is 21.3 Å². The van der Waals surface area contributed by atoms with Crippen molar-refractivity contribution >= 4 is 32.8 Å². The number of carbonyl (C=O) groups excluding carboxylic acids is 1. The zero-order chi connectivity index (χ0) is 29.5. The molecule has 0 saturated carbocycles. The summed E-state index contributed by atoms with van der Waals surface area (Å²) in [5.41, 5.74) is -1.55. The lowest BCUT2D eigenvalue weighted by Gasteiger charge is -2.40. The molecule has 3 heterocycles. The molecule has 0 radical (unpaired) electrons. The minimum Gasteiger partial charge on any atom is -0.350 e. The molecule has 1 amide bonds. The number of hydrogen-bond acceptors (Lipinski definition) is 7. The van der Waals surface area contributed by atoms with Gasteiger partial charge in [-0.05, 0) is 50.4 Å². The lowest BCUT2D eigenvalue weighted by molar-refractivity contribution is -0.126. The molecule has 0 unspecified atom stereocenters. The van der Waals surface area contributed by atoms with Crippen LogP contribution in [-0.2, 0) is 14.8 Å². The van der Waals surface area contributed by atoms with Crippen LogP contribution in [0, 0.1) is 11.6 Å². The number of benzene rings is 2. The van der Waals surface area contributed by atoms with Gasteiger partial charge < -0.3 is 9.80 Å². The third-order valence-corrected chi connectivity index (χ3v) is 8.44. The Morgan fingerprint density at radius 2 is 1.78 bits per heavy atom. The number of carbonyl (C=O) groups is 1. The van der Waals surface area contributed by atoms with Crippen molar-refractivity contribution in [3.8, 4) is 16.9 Å². The van der Waals surface area contributed by atoms with Gasteiger partial charge in [0, 0.05) is 31.2 Å². The number of fused-ring (bicyclic) bond motifs is 1. The SMILES string of the molecule is C=CC(=O)N1CCN(c2nc(=O)n(-c3ccccc3S(=O)(=O)NC)c3nc(-c4ccccc4F)c(F)cc23)[C@@H](C)C1. The molecule has 1 saturated heterocycles. The van der Waals surface area contributed by atoms with Gasteiger partial charge in [0.25, 0.3) is 0 Å². The number of nitrogens with zero attached hydrogens (tertiary/aromatic N) is 5. The van der Waals surface area contributed by atoms with Gasteiger partial charge in [0.2, 0.25) is 15.9 Å². The van der Waals surface area contributed by atoms with Crippen molar-refractivity contribution in [2.24, 2.45) is 0 Å². The maximum Gasteiger partial charge on any atom is 0.355 e. The first kappa shape index (κ1) is 28.1. The summed E-state index contributed by atoms with van der Waals surface area (Å²) in [4.78, 5) is 37.7. The van der Waals surface area contributed by atoms with E-state index in [0.29, 0.717) is 13.1 Å². The second kappa shape index (κ2) is 10.8. The van der Waals surface area contributed by atoms with Crippen molar-refractivity contribution in [3.63, 3.8) is 0 Å². The van der Waals surface area contributed by atoms with Gasteiger partial charge in [-0.15, -0.1) is 0 Å². The lowest BCUT2D eigenvalue weighted by atomic mass is 10.1. The summed E-state index contributed by atoms with van der Waals surface area (Å²) < 4.78 is 59.4. The summed E-state index contributed by atoms with van der Waals surface area (Å²) >= 11 is 0. The zero-order valence-corrected chi connectivity index (χ0v) is 23.0. The van der Waals surface area contributed by atoms with Crippen molar-refractivity contribution in [3.05, 3.63) is 89.4 Å². The van der Waals surface area contributed by atoms with Gasteiger partial charge in [-0.1, -0.05) is 30.8 Å². The van der Waals surface area contributed by atoms with Crippen molar-refractivity contribution in [1.29, 1.82) is 0 Å². The number of sulfonamides is 1. The van der Waals surface area contributed by atoms with Crippen molar-refractivity contribution in [2.45, 2.75) is 17.9 Å². The minimum atomic E-state index is -4.05. The second-order valence-corrected chi connectivity index (χ2v) is 11.3. The van der Waals surface area contributed by atoms with Crippen LogP contribution >= 0.6 is 0 Å². The van der Waals surface area contributed by atoms with E-state index in [0.717, 1.165) is 16.7 Å². The Hall–Kier alpha value is -4.49. The monoisotopic (exact) mass is 580 g/mol. The number of piperazine rings is 1. The number of anilines is 1. The Balaban J connectivity index is 1.82. The summed E-state index contributed by atoms with van der Waals surface area (Å²) in [7, 11) is -2.82. The van der Waals surface area contributed by atoms with E-state index >= 15 is 4.39 Å². The van der Waals surface area contributed by atoms with Crippen LogP contribution in [0.3, 0.4) is 0 Å². The average molecular weight is 581 g/mol. The van der Waals surface area contributed by atoms with Gasteiger partial charge in [-0.3, -0.25) is 4.79 Å². The standard InChI is InChI=1S/C28H26F2N6O4S/c1-4-24(37)34-13-14-35(17(2)16-34)26-19-15-21(30)25(18-9-5-6-10-20(18)29)32-27(19)36(28(38)33-26)22-11-7-8-12-23(22)41(39,40)31-3/h4-12,15,17,31H,1,13-14,16H2,2-3H3/t17-/m0/s1. The molecule has 212 valence electrons. The Labute approximate surface area is 234 Å². The molecule has 1 atom stereocenters. The van der Waals surface area contributed by atoms with Crippen LogP contribution in [0.1, 0.15) is 6.92 Å². The normalized spacial score (nSPS) is 15.8. The van der Waals surface area contributed by atoms with Crippen LogP contribution in [-0.4, -0.2) is 66.5 Å². The molecule has 0 aliphatic carbocycles. The maximum absolute atomic E-state index is 15.7. The van der Waals surface area contributed by atoms with E-state index in [1.54, 1.807) is 9.80 Å². The molecular weight excluding hydrogens is 554 g/mol. The number of pyridine rings is 1. The highest BCUT2D eigenvalue weighted by Crippen LogP contribution is 2.33. The van der Waals surface area contributed by atoms with Gasteiger partial charge in [-0.2, -0.15) is 4.98 Å². The first-order chi connectivity index (χ1) is 19.6. The number of nitrogens with one attached hydrogen (secondary N) is 1. The van der Waals surface area contributed by atoms with Crippen LogP contribution in [0.2, 0.25) is 0 Å². The maximum atomic E-state index is 15.7. The number of amides is 1. The Bertz CT molecular complexity index is 1860. The molecule has 1 N–H and O–H groups in total. The van der Waals surface area contributed by atoms with Gasteiger partial charge in [0.1, 0.15) is 28.0 Å². The summed E-state index contributed by atoms with van der Waals surface area (Å²) in [5.74, 6) is -1.72. The van der Waals surface area contributed by atoms with Crippen molar-refractivity contribution < 1.29 is 22.0 Å². The van der Waals surface area contributed by atoms with Crippen molar-refractivity contribution in [2.75, 3.05) is 31.6 Å². The van der Waals surface area contributed by atoms with Gasteiger partial charge >= 0.3 is 5.69 Å². The molecule has 1 aliphatic heterocycles. The van der Waals surface area contributed by atoms with Gasteiger partial charge in [-0.25, -0.2) is 36.3 Å². The largest absolute Gasteiger partial charge is 0.355 e. The molecule has 10 nitrogen and oxygen atoms in total. The number of rotatable bonds is 6. The van der Waals surface area contributed by atoms with E-state index in [1.807, 2.05) is 6.92 Å². The number of hydrogen-bond donors (Lipinski definition) is 1. The van der Waals surface area contributed by atoms with E-state index in [4.69, 9.17) is 0 Å². The predicted molar refractivity (Wildman–Crippen MR) is 150 cm³/mol. The molecule has 5 rings (SSSR count). The van der Waals surface area contributed by atoms with E-state index in [1.165, 1.54) is 55.6 Å². The lowest BCUT2D eigenvalue weighted by Crippen LogP contribution is -2.54. The van der Waals surface area contributed by atoms with Gasteiger partial charge in [0.15, 0.2) is 5.65 Å². The van der Waals surface area contributed by atoms with Crippen LogP contribution in [0.15, 0.2) is 76.9 Å². The number of halogens is 2. The highest BCUT2D eigenvalue weighted by molar-refractivity contribution is 7.89. The fourth-order valence-electron chi connectivity index (χ4n) is 4.96. The molecule has 0 bridgehead atoms. The average Bonchev–Trinajstić information content (AvgIpc) is 2.97. The molecule has 2 aromatic carbocycles. The summed E-state index contributed by atoms with van der Waals surface area (Å²) in [5, 5.41) is 0.106. The van der Waals surface area contributed by atoms with Gasteiger partial charge in [0.05, 0.1) is 11.1 Å². The fourth-order valence-corrected chi connectivity index (χ4v) is 5.88. The summed E-state index contributed by atoms with van der Waals surface area (Å²) in [6, 6.07) is 12.0. The number of para-hydroxylation sites is 1.